The van der Waals surface area contributed by atoms with Crippen LogP contribution in [0, 0.1) is 25.7 Å². The molecule has 0 aromatic heterocycles. The third kappa shape index (κ3) is 5.39. The highest BCUT2D eigenvalue weighted by Gasteiger charge is 2.38. The van der Waals surface area contributed by atoms with Crippen molar-refractivity contribution < 1.29 is 0 Å². The molecule has 4 fully saturated rings. The van der Waals surface area contributed by atoms with Crippen molar-refractivity contribution in [3.63, 3.8) is 0 Å². The molecule has 4 saturated heterocycles. The Labute approximate surface area is 245 Å². The lowest BCUT2D eigenvalue weighted by Gasteiger charge is -2.43. The number of likely N-dealkylation sites (N-methyl/N-ethyl adjacent to an activating group) is 1. The molecule has 40 heavy (non-hydrogen) atoms. The number of nitrogens with one attached hydrogen (secondary N) is 3. The van der Waals surface area contributed by atoms with Gasteiger partial charge in [-0.05, 0) is 124 Å². The lowest BCUT2D eigenvalue weighted by Crippen LogP contribution is -2.60. The Morgan fingerprint density at radius 3 is 2.45 bits per heavy atom. The number of fused-ring (bicyclic) bond motifs is 1. The zero-order valence-electron chi connectivity index (χ0n) is 24.7. The van der Waals surface area contributed by atoms with E-state index in [2.05, 4.69) is 90.1 Å². The molecule has 218 valence electrons. The number of rotatable bonds is 6. The van der Waals surface area contributed by atoms with Crippen molar-refractivity contribution >= 4 is 11.8 Å². The highest BCUT2D eigenvalue weighted by molar-refractivity contribution is 8.00. The Morgan fingerprint density at radius 2 is 1.68 bits per heavy atom. The molecule has 4 heterocycles. The van der Waals surface area contributed by atoms with Gasteiger partial charge in [-0.3, -0.25) is 5.43 Å². The van der Waals surface area contributed by atoms with Crippen LogP contribution in [0.1, 0.15) is 94.5 Å². The molecule has 0 spiro atoms. The maximum Gasteiger partial charge on any atom is 0.0621 e. The van der Waals surface area contributed by atoms with Gasteiger partial charge in [0, 0.05) is 35.2 Å². The fourth-order valence-corrected chi connectivity index (χ4v) is 10.1. The minimum Gasteiger partial charge on any atom is -0.330 e. The van der Waals surface area contributed by atoms with Gasteiger partial charge in [0.2, 0.25) is 0 Å². The normalized spacial score (nSPS) is 34.0. The number of nitrogens with two attached hydrogens (primary N) is 2. The molecule has 8 atom stereocenters. The summed E-state index contributed by atoms with van der Waals surface area (Å²) in [4.78, 5) is 2.45. The van der Waals surface area contributed by atoms with Crippen molar-refractivity contribution in [3.8, 4) is 0 Å². The Morgan fingerprint density at radius 1 is 0.950 bits per heavy atom. The van der Waals surface area contributed by atoms with Gasteiger partial charge >= 0.3 is 0 Å². The van der Waals surface area contributed by atoms with Crippen LogP contribution >= 0.6 is 11.8 Å². The second-order valence-corrected chi connectivity index (χ2v) is 14.2. The van der Waals surface area contributed by atoms with Gasteiger partial charge in [-0.15, -0.1) is 11.8 Å². The number of nitrogens with zero attached hydrogens (tertiary/aromatic N) is 1. The first-order valence-corrected chi connectivity index (χ1v) is 16.6. The molecule has 0 amide bonds. The van der Waals surface area contributed by atoms with Gasteiger partial charge < -0.3 is 21.7 Å². The average molecular weight is 563 g/mol. The minimum absolute atomic E-state index is 0.00579. The molecule has 0 radical (unpaired) electrons. The quantitative estimate of drug-likeness (QED) is 0.346. The summed E-state index contributed by atoms with van der Waals surface area (Å²) in [5.41, 5.74) is 29.0. The molecule has 0 bridgehead atoms. The number of hydrazine groups is 1. The maximum absolute atomic E-state index is 7.05. The number of likely N-dealkylation sites (tertiary alicyclic amines) is 1. The van der Waals surface area contributed by atoms with Gasteiger partial charge in [0.05, 0.1) is 6.04 Å². The third-order valence-electron chi connectivity index (χ3n) is 10.6. The average Bonchev–Trinajstić information content (AvgIpc) is 3.46. The van der Waals surface area contributed by atoms with E-state index in [0.29, 0.717) is 47.0 Å². The Kier molecular flexibility index (Phi) is 8.90. The molecule has 6 nitrogen and oxygen atoms in total. The molecule has 7 N–H and O–H groups in total. The van der Waals surface area contributed by atoms with Gasteiger partial charge in [-0.2, -0.15) is 0 Å². The van der Waals surface area contributed by atoms with Crippen molar-refractivity contribution in [1.29, 1.82) is 0 Å². The predicted molar refractivity (Wildman–Crippen MR) is 168 cm³/mol. The van der Waals surface area contributed by atoms with Gasteiger partial charge in [-0.1, -0.05) is 36.4 Å². The van der Waals surface area contributed by atoms with Gasteiger partial charge in [0.15, 0.2) is 0 Å². The van der Waals surface area contributed by atoms with E-state index < -0.39 is 0 Å². The first-order valence-electron chi connectivity index (χ1n) is 15.7. The molecule has 7 heteroatoms. The molecule has 2 aromatic carbocycles. The summed E-state index contributed by atoms with van der Waals surface area (Å²) in [6, 6.07) is 15.0. The topological polar surface area (TPSA) is 91.4 Å². The molecular formula is C33H50N6S. The van der Waals surface area contributed by atoms with Crippen LogP contribution in [0.25, 0.3) is 0 Å². The SMILES string of the molecule is Cc1c(C2CCC(c3cccc(C4NNCC5CCCNC54)c3C)S2)cccc1C(N)C1C(CN)CCCN1C. The van der Waals surface area contributed by atoms with E-state index in [1.807, 2.05) is 0 Å². The van der Waals surface area contributed by atoms with Crippen LogP contribution in [0.2, 0.25) is 0 Å². The van der Waals surface area contributed by atoms with Crippen LogP contribution in [-0.2, 0) is 0 Å². The number of benzene rings is 2. The molecule has 0 aliphatic carbocycles. The van der Waals surface area contributed by atoms with Crippen molar-refractivity contribution in [2.24, 2.45) is 23.3 Å². The molecule has 8 unspecified atom stereocenters. The van der Waals surface area contributed by atoms with Crippen LogP contribution in [0.15, 0.2) is 36.4 Å². The Bertz CT molecular complexity index is 1170. The van der Waals surface area contributed by atoms with Crippen LogP contribution < -0.4 is 27.6 Å². The second kappa shape index (κ2) is 12.4. The van der Waals surface area contributed by atoms with E-state index in [-0.39, 0.29) is 6.04 Å². The molecule has 4 aliphatic rings. The molecule has 4 aliphatic heterocycles. The van der Waals surface area contributed by atoms with Crippen LogP contribution in [0.4, 0.5) is 0 Å². The molecule has 0 saturated carbocycles. The smallest absolute Gasteiger partial charge is 0.0621 e. The second-order valence-electron chi connectivity index (χ2n) is 12.8. The van der Waals surface area contributed by atoms with E-state index in [4.69, 9.17) is 11.5 Å². The predicted octanol–water partition coefficient (Wildman–Crippen LogP) is 4.80. The summed E-state index contributed by atoms with van der Waals surface area (Å²) in [6.07, 6.45) is 7.42. The van der Waals surface area contributed by atoms with Gasteiger partial charge in [0.25, 0.3) is 0 Å². The first-order chi connectivity index (χ1) is 19.5. The van der Waals surface area contributed by atoms with E-state index in [0.717, 1.165) is 19.6 Å². The number of hydrogen-bond acceptors (Lipinski definition) is 7. The summed E-state index contributed by atoms with van der Waals surface area (Å²) < 4.78 is 0. The van der Waals surface area contributed by atoms with Gasteiger partial charge in [0.1, 0.15) is 0 Å². The third-order valence-corrected chi connectivity index (χ3v) is 12.2. The Hall–Kier alpha value is -1.45. The summed E-state index contributed by atoms with van der Waals surface area (Å²) in [7, 11) is 2.22. The summed E-state index contributed by atoms with van der Waals surface area (Å²) in [5, 5.41) is 4.87. The zero-order chi connectivity index (χ0) is 27.8. The fourth-order valence-electron chi connectivity index (χ4n) is 8.39. The van der Waals surface area contributed by atoms with E-state index in [9.17, 15) is 0 Å². The monoisotopic (exact) mass is 562 g/mol. The van der Waals surface area contributed by atoms with Crippen LogP contribution in [-0.4, -0.2) is 50.2 Å². The lowest BCUT2D eigenvalue weighted by atomic mass is 9.80. The number of hydrogen-bond donors (Lipinski definition) is 5. The summed E-state index contributed by atoms with van der Waals surface area (Å²) >= 11 is 2.16. The highest BCUT2D eigenvalue weighted by atomic mass is 32.2. The largest absolute Gasteiger partial charge is 0.330 e. The molecular weight excluding hydrogens is 512 g/mol. The number of thioether (sulfide) groups is 1. The van der Waals surface area contributed by atoms with E-state index >= 15 is 0 Å². The summed E-state index contributed by atoms with van der Waals surface area (Å²) in [6.45, 7) is 8.66. The van der Waals surface area contributed by atoms with Crippen molar-refractivity contribution in [3.05, 3.63) is 69.8 Å². The number of piperidine rings is 2. The van der Waals surface area contributed by atoms with Crippen molar-refractivity contribution in [1.82, 2.24) is 21.1 Å². The van der Waals surface area contributed by atoms with Crippen molar-refractivity contribution in [2.45, 2.75) is 87.0 Å². The van der Waals surface area contributed by atoms with Crippen LogP contribution in [0.5, 0.6) is 0 Å². The maximum atomic E-state index is 7.05. The van der Waals surface area contributed by atoms with E-state index in [1.54, 1.807) is 0 Å². The van der Waals surface area contributed by atoms with Gasteiger partial charge in [-0.25, -0.2) is 5.43 Å². The molecule has 6 rings (SSSR count). The zero-order valence-corrected chi connectivity index (χ0v) is 25.5. The fraction of sp³-hybridized carbons (Fsp3) is 0.636. The first kappa shape index (κ1) is 28.7. The lowest BCUT2D eigenvalue weighted by molar-refractivity contribution is 0.102. The van der Waals surface area contributed by atoms with Crippen molar-refractivity contribution in [2.75, 3.05) is 33.2 Å². The standard InChI is InChI=1S/C33H50N6S/c1-20-24(10-4-12-26(20)30(35)33-22(18-34)9-7-17-39(33)3)28-14-15-29(40-28)25-11-5-13-27(21(25)2)32-31-23(19-37-38-32)8-6-16-36-31/h4-5,10-13,22-23,28-33,36-38H,6-9,14-19,34-35H2,1-3H3. The minimum atomic E-state index is -0.00579. The van der Waals surface area contributed by atoms with E-state index in [1.165, 1.54) is 71.9 Å². The van der Waals surface area contributed by atoms with Crippen LogP contribution in [0.3, 0.4) is 0 Å². The Balaban J connectivity index is 1.21. The highest BCUT2D eigenvalue weighted by Crippen LogP contribution is 2.54. The molecule has 2 aromatic rings. The summed E-state index contributed by atoms with van der Waals surface area (Å²) in [5.74, 6) is 1.16.